The fourth-order valence-electron chi connectivity index (χ4n) is 2.70. The van der Waals surface area contributed by atoms with E-state index in [1.807, 2.05) is 20.8 Å². The van der Waals surface area contributed by atoms with Crippen molar-refractivity contribution in [1.29, 1.82) is 0 Å². The first-order valence-corrected chi connectivity index (χ1v) is 7.57. The summed E-state index contributed by atoms with van der Waals surface area (Å²) in [7, 11) is 0. The predicted molar refractivity (Wildman–Crippen MR) is 78.0 cm³/mol. The molecule has 1 amide bonds. The van der Waals surface area contributed by atoms with Gasteiger partial charge in [0.05, 0.1) is 0 Å². The number of nitrogens with two attached hydrogens (primary N) is 1. The van der Waals surface area contributed by atoms with Gasteiger partial charge in [-0.05, 0) is 45.6 Å². The maximum Gasteiger partial charge on any atom is 0.407 e. The van der Waals surface area contributed by atoms with E-state index in [0.29, 0.717) is 19.0 Å². The minimum absolute atomic E-state index is 0.338. The third kappa shape index (κ3) is 7.41. The SMILES string of the molecule is CC(C)(C)OC(=O)NCC(CN)CC1CCCCC1. The van der Waals surface area contributed by atoms with Gasteiger partial charge < -0.3 is 15.8 Å². The van der Waals surface area contributed by atoms with Crippen molar-refractivity contribution in [1.82, 2.24) is 5.32 Å². The molecule has 1 aliphatic carbocycles. The molecule has 112 valence electrons. The van der Waals surface area contributed by atoms with Crippen molar-refractivity contribution in [2.24, 2.45) is 17.6 Å². The van der Waals surface area contributed by atoms with Crippen LogP contribution in [0.3, 0.4) is 0 Å². The largest absolute Gasteiger partial charge is 0.444 e. The third-order valence-corrected chi connectivity index (χ3v) is 3.66. The van der Waals surface area contributed by atoms with Crippen LogP contribution in [-0.2, 0) is 4.74 Å². The van der Waals surface area contributed by atoms with Gasteiger partial charge in [0.2, 0.25) is 0 Å². The van der Waals surface area contributed by atoms with Gasteiger partial charge in [-0.15, -0.1) is 0 Å². The van der Waals surface area contributed by atoms with E-state index in [0.717, 1.165) is 12.3 Å². The van der Waals surface area contributed by atoms with Gasteiger partial charge in [0, 0.05) is 6.54 Å². The second kappa shape index (κ2) is 7.73. The standard InChI is InChI=1S/C15H30N2O2/c1-15(2,3)19-14(18)17-11-13(10-16)9-12-7-5-4-6-8-12/h12-13H,4-11,16H2,1-3H3,(H,17,18). The molecule has 1 atom stereocenters. The summed E-state index contributed by atoms with van der Waals surface area (Å²) < 4.78 is 5.23. The van der Waals surface area contributed by atoms with Gasteiger partial charge >= 0.3 is 6.09 Å². The first kappa shape index (κ1) is 16.3. The molecular weight excluding hydrogens is 240 g/mol. The van der Waals surface area contributed by atoms with Gasteiger partial charge in [0.25, 0.3) is 0 Å². The van der Waals surface area contributed by atoms with E-state index in [-0.39, 0.29) is 6.09 Å². The summed E-state index contributed by atoms with van der Waals surface area (Å²) in [5.41, 5.74) is 5.37. The first-order valence-electron chi connectivity index (χ1n) is 7.57. The van der Waals surface area contributed by atoms with Crippen molar-refractivity contribution in [2.45, 2.75) is 64.9 Å². The number of hydrogen-bond acceptors (Lipinski definition) is 3. The topological polar surface area (TPSA) is 64.3 Å². The first-order chi connectivity index (χ1) is 8.90. The second-order valence-electron chi connectivity index (χ2n) is 6.72. The molecule has 0 radical (unpaired) electrons. The van der Waals surface area contributed by atoms with Crippen LogP contribution in [-0.4, -0.2) is 24.8 Å². The Labute approximate surface area is 117 Å². The predicted octanol–water partition coefficient (Wildman–Crippen LogP) is 3.06. The molecule has 4 heteroatoms. The molecule has 19 heavy (non-hydrogen) atoms. The zero-order valence-electron chi connectivity index (χ0n) is 12.7. The molecule has 1 unspecified atom stereocenters. The van der Waals surface area contributed by atoms with Crippen LogP contribution >= 0.6 is 0 Å². The summed E-state index contributed by atoms with van der Waals surface area (Å²) in [6.45, 7) is 6.87. The fraction of sp³-hybridized carbons (Fsp3) is 0.933. The number of carbonyl (C=O) groups excluding carboxylic acids is 1. The van der Waals surface area contributed by atoms with Crippen molar-refractivity contribution >= 4 is 6.09 Å². The number of carbonyl (C=O) groups is 1. The van der Waals surface area contributed by atoms with Gasteiger partial charge in [-0.3, -0.25) is 0 Å². The lowest BCUT2D eigenvalue weighted by Crippen LogP contribution is -2.37. The maximum atomic E-state index is 11.6. The summed E-state index contributed by atoms with van der Waals surface area (Å²) in [4.78, 5) is 11.6. The Bertz CT molecular complexity index is 268. The molecule has 4 nitrogen and oxygen atoms in total. The van der Waals surface area contributed by atoms with E-state index in [1.165, 1.54) is 32.1 Å². The highest BCUT2D eigenvalue weighted by Gasteiger charge is 2.20. The van der Waals surface area contributed by atoms with E-state index < -0.39 is 5.60 Å². The van der Waals surface area contributed by atoms with Gasteiger partial charge in [0.1, 0.15) is 5.60 Å². The number of amides is 1. The molecule has 3 N–H and O–H groups in total. The molecule has 0 aromatic rings. The van der Waals surface area contributed by atoms with Crippen LogP contribution < -0.4 is 11.1 Å². The smallest absolute Gasteiger partial charge is 0.407 e. The zero-order chi connectivity index (χ0) is 14.3. The van der Waals surface area contributed by atoms with Crippen molar-refractivity contribution in [2.75, 3.05) is 13.1 Å². The zero-order valence-corrected chi connectivity index (χ0v) is 12.7. The van der Waals surface area contributed by atoms with Crippen molar-refractivity contribution in [3.05, 3.63) is 0 Å². The molecule has 0 heterocycles. The van der Waals surface area contributed by atoms with Crippen LogP contribution in [0.4, 0.5) is 4.79 Å². The normalized spacial score (nSPS) is 18.9. The summed E-state index contributed by atoms with van der Waals surface area (Å²) in [5, 5.41) is 2.84. The number of rotatable bonds is 5. The molecule has 0 aromatic carbocycles. The lowest BCUT2D eigenvalue weighted by atomic mass is 9.83. The molecule has 1 saturated carbocycles. The molecule has 0 aliphatic heterocycles. The van der Waals surface area contributed by atoms with E-state index in [4.69, 9.17) is 10.5 Å². The van der Waals surface area contributed by atoms with Crippen LogP contribution in [0.1, 0.15) is 59.3 Å². The molecule has 1 rings (SSSR count). The van der Waals surface area contributed by atoms with Crippen LogP contribution in [0.5, 0.6) is 0 Å². The van der Waals surface area contributed by atoms with Gasteiger partial charge in [0.15, 0.2) is 0 Å². The summed E-state index contributed by atoms with van der Waals surface area (Å²) >= 11 is 0. The lowest BCUT2D eigenvalue weighted by molar-refractivity contribution is 0.0517. The van der Waals surface area contributed by atoms with Crippen molar-refractivity contribution in [3.8, 4) is 0 Å². The molecule has 0 spiro atoms. The Balaban J connectivity index is 2.25. The van der Waals surface area contributed by atoms with Crippen LogP contribution in [0.2, 0.25) is 0 Å². The molecular formula is C15H30N2O2. The van der Waals surface area contributed by atoms with Crippen LogP contribution in [0, 0.1) is 11.8 Å². The highest BCUT2D eigenvalue weighted by Crippen LogP contribution is 2.28. The summed E-state index contributed by atoms with van der Waals surface area (Å²) in [6, 6.07) is 0. The van der Waals surface area contributed by atoms with Gasteiger partial charge in [-0.1, -0.05) is 32.1 Å². The minimum Gasteiger partial charge on any atom is -0.444 e. The van der Waals surface area contributed by atoms with Gasteiger partial charge in [-0.25, -0.2) is 4.79 Å². The molecule has 0 bridgehead atoms. The van der Waals surface area contributed by atoms with E-state index in [2.05, 4.69) is 5.32 Å². The molecule has 0 aromatic heterocycles. The Morgan fingerprint density at radius 2 is 1.95 bits per heavy atom. The van der Waals surface area contributed by atoms with Gasteiger partial charge in [-0.2, -0.15) is 0 Å². The average Bonchev–Trinajstić information content (AvgIpc) is 2.33. The monoisotopic (exact) mass is 270 g/mol. The Morgan fingerprint density at radius 1 is 1.32 bits per heavy atom. The van der Waals surface area contributed by atoms with Crippen LogP contribution in [0.15, 0.2) is 0 Å². The number of alkyl carbamates (subject to hydrolysis) is 1. The van der Waals surface area contributed by atoms with Crippen molar-refractivity contribution in [3.63, 3.8) is 0 Å². The number of nitrogens with one attached hydrogen (secondary N) is 1. The van der Waals surface area contributed by atoms with E-state index >= 15 is 0 Å². The van der Waals surface area contributed by atoms with Crippen LogP contribution in [0.25, 0.3) is 0 Å². The quantitative estimate of drug-likeness (QED) is 0.807. The van der Waals surface area contributed by atoms with E-state index in [1.54, 1.807) is 0 Å². The maximum absolute atomic E-state index is 11.6. The molecule has 1 fully saturated rings. The minimum atomic E-state index is -0.439. The fourth-order valence-corrected chi connectivity index (χ4v) is 2.70. The number of ether oxygens (including phenoxy) is 1. The van der Waals surface area contributed by atoms with E-state index in [9.17, 15) is 4.79 Å². The number of hydrogen-bond donors (Lipinski definition) is 2. The van der Waals surface area contributed by atoms with Crippen molar-refractivity contribution < 1.29 is 9.53 Å². The molecule has 0 saturated heterocycles. The summed E-state index contributed by atoms with van der Waals surface area (Å²) in [6.07, 6.45) is 7.51. The average molecular weight is 270 g/mol. The third-order valence-electron chi connectivity index (χ3n) is 3.66. The Morgan fingerprint density at radius 3 is 2.47 bits per heavy atom. The summed E-state index contributed by atoms with van der Waals surface area (Å²) in [5.74, 6) is 1.17. The second-order valence-corrected chi connectivity index (χ2v) is 6.72. The highest BCUT2D eigenvalue weighted by atomic mass is 16.6. The molecule has 1 aliphatic rings. The Hall–Kier alpha value is -0.770. The Kier molecular flexibility index (Phi) is 6.63. The lowest BCUT2D eigenvalue weighted by Gasteiger charge is -2.26. The highest BCUT2D eigenvalue weighted by molar-refractivity contribution is 5.67.